The summed E-state index contributed by atoms with van der Waals surface area (Å²) < 4.78 is 0. The zero-order chi connectivity index (χ0) is 22.0. The molecule has 2 aliphatic carbocycles. The first-order valence-electron chi connectivity index (χ1n) is 11.8. The fourth-order valence-electron chi connectivity index (χ4n) is 5.61. The van der Waals surface area contributed by atoms with Gasteiger partial charge in [0.15, 0.2) is 0 Å². The van der Waals surface area contributed by atoms with E-state index in [2.05, 4.69) is 17.1 Å². The van der Waals surface area contributed by atoms with Crippen molar-refractivity contribution in [3.8, 4) is 0 Å². The number of benzene rings is 1. The number of hydrogen-bond acceptors (Lipinski definition) is 3. The van der Waals surface area contributed by atoms with Crippen LogP contribution in [0.1, 0.15) is 82.7 Å². The van der Waals surface area contributed by atoms with E-state index < -0.39 is 6.10 Å². The Kier molecular flexibility index (Phi) is 7.51. The highest BCUT2D eigenvalue weighted by Crippen LogP contribution is 2.43. The number of halogens is 2. The molecule has 0 saturated heterocycles. The Labute approximate surface area is 196 Å². The van der Waals surface area contributed by atoms with Gasteiger partial charge >= 0.3 is 0 Å². The number of carbonyl (C=O) groups is 1. The molecule has 3 aliphatic rings. The molecule has 4 nitrogen and oxygen atoms in total. The van der Waals surface area contributed by atoms with Crippen LogP contribution in [0.15, 0.2) is 29.5 Å². The van der Waals surface area contributed by atoms with Gasteiger partial charge in [0, 0.05) is 34.3 Å². The molecule has 6 heteroatoms. The van der Waals surface area contributed by atoms with E-state index >= 15 is 0 Å². The molecule has 0 radical (unpaired) electrons. The van der Waals surface area contributed by atoms with Crippen molar-refractivity contribution in [3.63, 3.8) is 0 Å². The van der Waals surface area contributed by atoms with E-state index in [4.69, 9.17) is 23.2 Å². The smallest absolute Gasteiger partial charge is 0.249 e. The molecule has 2 fully saturated rings. The molecule has 31 heavy (non-hydrogen) atoms. The van der Waals surface area contributed by atoms with Gasteiger partial charge < -0.3 is 15.3 Å². The molecule has 4 rings (SSSR count). The highest BCUT2D eigenvalue weighted by atomic mass is 35.5. The van der Waals surface area contributed by atoms with Crippen molar-refractivity contribution in [2.45, 2.75) is 89.3 Å². The van der Waals surface area contributed by atoms with Gasteiger partial charge in [0.05, 0.1) is 18.2 Å². The zero-order valence-electron chi connectivity index (χ0n) is 18.4. The lowest BCUT2D eigenvalue weighted by atomic mass is 9.88. The Morgan fingerprint density at radius 2 is 1.81 bits per heavy atom. The number of nitrogens with one attached hydrogen (secondary N) is 1. The van der Waals surface area contributed by atoms with Gasteiger partial charge in [0.2, 0.25) is 5.91 Å². The Bertz CT molecular complexity index is 835. The van der Waals surface area contributed by atoms with Crippen molar-refractivity contribution in [1.82, 2.24) is 10.2 Å². The topological polar surface area (TPSA) is 52.6 Å². The van der Waals surface area contributed by atoms with Crippen LogP contribution in [0.2, 0.25) is 10.0 Å². The molecule has 1 amide bonds. The first-order chi connectivity index (χ1) is 14.9. The maximum Gasteiger partial charge on any atom is 0.249 e. The quantitative estimate of drug-likeness (QED) is 0.560. The third-order valence-electron chi connectivity index (χ3n) is 7.46. The van der Waals surface area contributed by atoms with Crippen molar-refractivity contribution in [2.75, 3.05) is 6.54 Å². The monoisotopic (exact) mass is 464 g/mol. The number of allylic oxidation sites excluding steroid dienone is 1. The maximum absolute atomic E-state index is 13.3. The van der Waals surface area contributed by atoms with Gasteiger partial charge in [-0.1, -0.05) is 55.3 Å². The molecule has 0 aromatic heterocycles. The summed E-state index contributed by atoms with van der Waals surface area (Å²) in [5, 5.41) is 14.8. The van der Waals surface area contributed by atoms with Gasteiger partial charge in [-0.2, -0.15) is 0 Å². The van der Waals surface area contributed by atoms with E-state index in [0.717, 1.165) is 49.1 Å². The maximum atomic E-state index is 13.3. The first kappa shape index (κ1) is 22.9. The highest BCUT2D eigenvalue weighted by Gasteiger charge is 2.37. The molecule has 1 aromatic rings. The number of amides is 1. The number of rotatable bonds is 5. The van der Waals surface area contributed by atoms with Gasteiger partial charge in [0.25, 0.3) is 0 Å². The average molecular weight is 465 g/mol. The zero-order valence-corrected chi connectivity index (χ0v) is 19.9. The third-order valence-corrected chi connectivity index (χ3v) is 8.04. The Balaban J connectivity index is 1.58. The molecular weight excluding hydrogens is 431 g/mol. The predicted molar refractivity (Wildman–Crippen MR) is 126 cm³/mol. The minimum atomic E-state index is -0.448. The summed E-state index contributed by atoms with van der Waals surface area (Å²) in [6.07, 6.45) is 10.2. The van der Waals surface area contributed by atoms with E-state index in [0.29, 0.717) is 22.4 Å². The molecule has 1 unspecified atom stereocenters. The number of hydrogen-bond donors (Lipinski definition) is 2. The summed E-state index contributed by atoms with van der Waals surface area (Å²) in [6, 6.07) is 5.48. The second-order valence-electron chi connectivity index (χ2n) is 9.54. The third kappa shape index (κ3) is 5.23. The van der Waals surface area contributed by atoms with E-state index in [1.54, 1.807) is 0 Å². The fraction of sp³-hybridized carbons (Fsp3) is 0.640. The van der Waals surface area contributed by atoms with Crippen LogP contribution in [0.3, 0.4) is 0 Å². The summed E-state index contributed by atoms with van der Waals surface area (Å²) in [6.45, 7) is 3.01. The summed E-state index contributed by atoms with van der Waals surface area (Å²) in [5.41, 5.74) is 2.84. The number of nitrogens with zero attached hydrogens (tertiary/aromatic N) is 1. The van der Waals surface area contributed by atoms with E-state index in [1.807, 2.05) is 18.2 Å². The van der Waals surface area contributed by atoms with Crippen molar-refractivity contribution in [3.05, 3.63) is 45.1 Å². The second kappa shape index (κ2) is 10.1. The molecule has 3 atom stereocenters. The van der Waals surface area contributed by atoms with Crippen LogP contribution < -0.4 is 5.32 Å². The minimum Gasteiger partial charge on any atom is -0.391 e. The van der Waals surface area contributed by atoms with Crippen LogP contribution in [-0.4, -0.2) is 34.6 Å². The standard InChI is InChI=1S/C25H34Cl2N2O2/c1-16-19(25(31)28-22-9-5-6-10-24(22)30)14-23(20-13-18(26)11-12-21(20)27)29(16)15-17-7-3-2-4-8-17/h11-13,17,22-24,30H,2-10,14-15H2,1H3,(H,28,31)/t22-,23?,24-/m0/s1. The van der Waals surface area contributed by atoms with Crippen LogP contribution in [-0.2, 0) is 4.79 Å². The lowest BCUT2D eigenvalue weighted by Gasteiger charge is -2.34. The predicted octanol–water partition coefficient (Wildman–Crippen LogP) is 6.01. The lowest BCUT2D eigenvalue weighted by Crippen LogP contribution is -2.45. The van der Waals surface area contributed by atoms with Crippen LogP contribution in [0.25, 0.3) is 0 Å². The van der Waals surface area contributed by atoms with E-state index in [-0.39, 0.29) is 18.0 Å². The summed E-state index contributed by atoms with van der Waals surface area (Å²) >= 11 is 12.9. The van der Waals surface area contributed by atoms with Gasteiger partial charge in [-0.25, -0.2) is 0 Å². The number of carbonyl (C=O) groups excluding carboxylic acids is 1. The Morgan fingerprint density at radius 3 is 2.55 bits per heavy atom. The summed E-state index contributed by atoms with van der Waals surface area (Å²) in [5.74, 6) is 0.601. The molecule has 1 heterocycles. The Hall–Kier alpha value is -1.23. The van der Waals surface area contributed by atoms with Gasteiger partial charge in [-0.3, -0.25) is 4.79 Å². The second-order valence-corrected chi connectivity index (χ2v) is 10.4. The van der Waals surface area contributed by atoms with Crippen LogP contribution in [0.4, 0.5) is 0 Å². The SMILES string of the molecule is CC1=C(C(=O)N[C@H]2CCCC[C@@H]2O)CC(c2cc(Cl)ccc2Cl)N1CC1CCCCC1. The molecule has 1 aliphatic heterocycles. The number of aliphatic hydroxyl groups is 1. The molecule has 0 spiro atoms. The minimum absolute atomic E-state index is 0.0187. The molecule has 2 N–H and O–H groups in total. The molecule has 2 saturated carbocycles. The van der Waals surface area contributed by atoms with Gasteiger partial charge in [0.1, 0.15) is 0 Å². The van der Waals surface area contributed by atoms with Crippen molar-refractivity contribution in [1.29, 1.82) is 0 Å². The molecule has 1 aromatic carbocycles. The lowest BCUT2D eigenvalue weighted by molar-refractivity contribution is -0.119. The fourth-order valence-corrected chi connectivity index (χ4v) is 6.03. The highest BCUT2D eigenvalue weighted by molar-refractivity contribution is 6.33. The summed E-state index contributed by atoms with van der Waals surface area (Å²) in [7, 11) is 0. The van der Waals surface area contributed by atoms with Crippen molar-refractivity contribution in [2.24, 2.45) is 5.92 Å². The normalized spacial score (nSPS) is 27.6. The van der Waals surface area contributed by atoms with Crippen molar-refractivity contribution < 1.29 is 9.90 Å². The first-order valence-corrected chi connectivity index (χ1v) is 12.6. The largest absolute Gasteiger partial charge is 0.391 e. The molecule has 170 valence electrons. The average Bonchev–Trinajstić information content (AvgIpc) is 3.08. The van der Waals surface area contributed by atoms with Gasteiger partial charge in [-0.15, -0.1) is 0 Å². The Morgan fingerprint density at radius 1 is 1.10 bits per heavy atom. The van der Waals surface area contributed by atoms with Crippen LogP contribution in [0.5, 0.6) is 0 Å². The van der Waals surface area contributed by atoms with Crippen LogP contribution >= 0.6 is 23.2 Å². The van der Waals surface area contributed by atoms with Crippen molar-refractivity contribution >= 4 is 29.1 Å². The van der Waals surface area contributed by atoms with Crippen LogP contribution in [0, 0.1) is 5.92 Å². The van der Waals surface area contributed by atoms with E-state index in [1.165, 1.54) is 32.1 Å². The molecule has 0 bridgehead atoms. The summed E-state index contributed by atoms with van der Waals surface area (Å²) in [4.78, 5) is 15.7. The van der Waals surface area contributed by atoms with E-state index in [9.17, 15) is 9.90 Å². The molecular formula is C25H34Cl2N2O2. The number of aliphatic hydroxyl groups excluding tert-OH is 1. The van der Waals surface area contributed by atoms with Gasteiger partial charge in [-0.05, 0) is 62.3 Å².